The maximum absolute atomic E-state index is 5.50. The Kier molecular flexibility index (Phi) is 6.09. The average molecular weight is 432 g/mol. The molecule has 2 fully saturated rings. The van der Waals surface area contributed by atoms with Gasteiger partial charge in [-0.2, -0.15) is 0 Å². The lowest BCUT2D eigenvalue weighted by Crippen LogP contribution is -2.36. The number of anilines is 3. The molecule has 0 atom stereocenters. The van der Waals surface area contributed by atoms with Crippen LogP contribution in [0.4, 0.5) is 17.3 Å². The first-order valence-corrected chi connectivity index (χ1v) is 10.5. The van der Waals surface area contributed by atoms with Crippen LogP contribution in [0.15, 0.2) is 35.1 Å². The number of nitrogens with zero attached hydrogens (tertiary/aromatic N) is 4. The van der Waals surface area contributed by atoms with Crippen LogP contribution < -0.4 is 15.1 Å². The van der Waals surface area contributed by atoms with Gasteiger partial charge < -0.3 is 19.9 Å². The van der Waals surface area contributed by atoms with E-state index in [-0.39, 0.29) is 0 Å². The summed E-state index contributed by atoms with van der Waals surface area (Å²) in [5, 5.41) is 3.49. The SMILES string of the molecule is Brc1ccc(CNc2cc(N3CCCCC3)ncn2)c(N2CCOCC2)c1. The summed E-state index contributed by atoms with van der Waals surface area (Å²) >= 11 is 3.61. The lowest BCUT2D eigenvalue weighted by Gasteiger charge is -2.31. The zero-order valence-corrected chi connectivity index (χ0v) is 17.1. The highest BCUT2D eigenvalue weighted by Crippen LogP contribution is 2.27. The maximum Gasteiger partial charge on any atom is 0.134 e. The first kappa shape index (κ1) is 18.5. The summed E-state index contributed by atoms with van der Waals surface area (Å²) in [6.07, 6.45) is 5.47. The molecule has 0 aliphatic carbocycles. The Morgan fingerprint density at radius 1 is 0.963 bits per heavy atom. The van der Waals surface area contributed by atoms with Crippen molar-refractivity contribution in [1.29, 1.82) is 0 Å². The Morgan fingerprint density at radius 2 is 1.78 bits per heavy atom. The van der Waals surface area contributed by atoms with E-state index in [2.05, 4.69) is 65.3 Å². The van der Waals surface area contributed by atoms with Gasteiger partial charge in [0.1, 0.15) is 18.0 Å². The summed E-state index contributed by atoms with van der Waals surface area (Å²) in [7, 11) is 0. The van der Waals surface area contributed by atoms with Crippen molar-refractivity contribution in [1.82, 2.24) is 9.97 Å². The fraction of sp³-hybridized carbons (Fsp3) is 0.500. The molecule has 0 amide bonds. The van der Waals surface area contributed by atoms with Gasteiger partial charge >= 0.3 is 0 Å². The zero-order valence-electron chi connectivity index (χ0n) is 15.5. The van der Waals surface area contributed by atoms with Crippen LogP contribution >= 0.6 is 15.9 Å². The van der Waals surface area contributed by atoms with Gasteiger partial charge in [-0.15, -0.1) is 0 Å². The molecule has 0 unspecified atom stereocenters. The highest BCUT2D eigenvalue weighted by atomic mass is 79.9. The molecule has 4 rings (SSSR count). The van der Waals surface area contributed by atoms with E-state index in [4.69, 9.17) is 4.74 Å². The summed E-state index contributed by atoms with van der Waals surface area (Å²) in [6, 6.07) is 8.54. The Balaban J connectivity index is 1.47. The molecular formula is C20H26BrN5O. The third-order valence-corrected chi connectivity index (χ3v) is 5.69. The van der Waals surface area contributed by atoms with Gasteiger partial charge in [-0.3, -0.25) is 0 Å². The molecule has 0 saturated carbocycles. The summed E-state index contributed by atoms with van der Waals surface area (Å²) in [5.74, 6) is 1.90. The number of halogens is 1. The van der Waals surface area contributed by atoms with E-state index >= 15 is 0 Å². The van der Waals surface area contributed by atoms with Gasteiger partial charge in [0.15, 0.2) is 0 Å². The van der Waals surface area contributed by atoms with Crippen LogP contribution in [0.25, 0.3) is 0 Å². The molecule has 1 aromatic carbocycles. The van der Waals surface area contributed by atoms with Crippen LogP contribution in [0.1, 0.15) is 24.8 Å². The summed E-state index contributed by atoms with van der Waals surface area (Å²) in [6.45, 7) is 6.33. The lowest BCUT2D eigenvalue weighted by atomic mass is 10.1. The fourth-order valence-corrected chi connectivity index (χ4v) is 4.06. The Morgan fingerprint density at radius 3 is 2.59 bits per heavy atom. The molecule has 144 valence electrons. The van der Waals surface area contributed by atoms with Gasteiger partial charge in [-0.1, -0.05) is 22.0 Å². The second-order valence-electron chi connectivity index (χ2n) is 7.04. The Bertz CT molecular complexity index is 760. The van der Waals surface area contributed by atoms with E-state index in [0.29, 0.717) is 0 Å². The Hall–Kier alpha value is -1.86. The molecule has 7 heteroatoms. The van der Waals surface area contributed by atoms with Gasteiger partial charge in [0, 0.05) is 49.0 Å². The van der Waals surface area contributed by atoms with Crippen molar-refractivity contribution < 1.29 is 4.74 Å². The molecule has 1 aromatic heterocycles. The summed E-state index contributed by atoms with van der Waals surface area (Å²) in [4.78, 5) is 13.6. The van der Waals surface area contributed by atoms with Crippen molar-refractivity contribution in [3.05, 3.63) is 40.6 Å². The van der Waals surface area contributed by atoms with Crippen molar-refractivity contribution in [3.8, 4) is 0 Å². The molecule has 0 bridgehead atoms. The molecule has 27 heavy (non-hydrogen) atoms. The number of benzene rings is 1. The van der Waals surface area contributed by atoms with Crippen LogP contribution in [0.5, 0.6) is 0 Å². The molecule has 3 heterocycles. The molecule has 2 aliphatic heterocycles. The van der Waals surface area contributed by atoms with E-state index in [9.17, 15) is 0 Å². The highest BCUT2D eigenvalue weighted by Gasteiger charge is 2.16. The summed E-state index contributed by atoms with van der Waals surface area (Å²) in [5.41, 5.74) is 2.52. The second kappa shape index (κ2) is 8.89. The minimum Gasteiger partial charge on any atom is -0.378 e. The van der Waals surface area contributed by atoms with Crippen molar-refractivity contribution in [3.63, 3.8) is 0 Å². The van der Waals surface area contributed by atoms with Crippen molar-refractivity contribution in [2.45, 2.75) is 25.8 Å². The monoisotopic (exact) mass is 431 g/mol. The van der Waals surface area contributed by atoms with Crippen LogP contribution in [0, 0.1) is 0 Å². The minimum absolute atomic E-state index is 0.733. The molecule has 6 nitrogen and oxygen atoms in total. The third kappa shape index (κ3) is 4.71. The van der Waals surface area contributed by atoms with Crippen LogP contribution in [0.3, 0.4) is 0 Å². The smallest absolute Gasteiger partial charge is 0.134 e. The van der Waals surface area contributed by atoms with Crippen LogP contribution in [0.2, 0.25) is 0 Å². The van der Waals surface area contributed by atoms with Crippen molar-refractivity contribution >= 4 is 33.3 Å². The number of hydrogen-bond acceptors (Lipinski definition) is 6. The Labute approximate surface area is 169 Å². The van der Waals surface area contributed by atoms with Gasteiger partial charge in [0.2, 0.25) is 0 Å². The number of hydrogen-bond donors (Lipinski definition) is 1. The molecule has 1 N–H and O–H groups in total. The maximum atomic E-state index is 5.50. The van der Waals surface area contributed by atoms with E-state index in [1.54, 1.807) is 6.33 Å². The zero-order chi connectivity index (χ0) is 18.5. The topological polar surface area (TPSA) is 53.5 Å². The number of rotatable bonds is 5. The molecule has 0 spiro atoms. The molecule has 0 radical (unpaired) electrons. The van der Waals surface area contributed by atoms with E-state index in [0.717, 1.165) is 62.0 Å². The van der Waals surface area contributed by atoms with Crippen LogP contribution in [-0.2, 0) is 11.3 Å². The number of nitrogens with one attached hydrogen (secondary N) is 1. The number of morpholine rings is 1. The normalized spacial score (nSPS) is 17.8. The van der Waals surface area contributed by atoms with Crippen LogP contribution in [-0.4, -0.2) is 49.4 Å². The summed E-state index contributed by atoms with van der Waals surface area (Å²) < 4.78 is 6.60. The molecule has 2 saturated heterocycles. The molecular weight excluding hydrogens is 406 g/mol. The van der Waals surface area contributed by atoms with E-state index in [1.807, 2.05) is 0 Å². The largest absolute Gasteiger partial charge is 0.378 e. The first-order valence-electron chi connectivity index (χ1n) is 9.71. The highest BCUT2D eigenvalue weighted by molar-refractivity contribution is 9.10. The van der Waals surface area contributed by atoms with Gasteiger partial charge in [0.05, 0.1) is 13.2 Å². The van der Waals surface area contributed by atoms with Gasteiger partial charge in [0.25, 0.3) is 0 Å². The minimum atomic E-state index is 0.733. The van der Waals surface area contributed by atoms with Gasteiger partial charge in [-0.05, 0) is 37.0 Å². The number of piperidine rings is 1. The predicted octanol–water partition coefficient (Wildman–Crippen LogP) is 3.68. The second-order valence-corrected chi connectivity index (χ2v) is 7.95. The van der Waals surface area contributed by atoms with E-state index < -0.39 is 0 Å². The number of ether oxygens (including phenoxy) is 1. The quantitative estimate of drug-likeness (QED) is 0.778. The standard InChI is InChI=1S/C20H26BrN5O/c21-17-5-4-16(18(12-17)25-8-10-27-11-9-25)14-22-19-13-20(24-15-23-19)26-6-2-1-3-7-26/h4-5,12-13,15H,1-3,6-11,14H2,(H,22,23,24). The molecule has 2 aromatic rings. The third-order valence-electron chi connectivity index (χ3n) is 5.19. The predicted molar refractivity (Wildman–Crippen MR) is 113 cm³/mol. The lowest BCUT2D eigenvalue weighted by molar-refractivity contribution is 0.122. The average Bonchev–Trinajstić information content (AvgIpc) is 2.74. The van der Waals surface area contributed by atoms with Gasteiger partial charge in [-0.25, -0.2) is 9.97 Å². The first-order chi connectivity index (χ1) is 13.3. The number of aromatic nitrogens is 2. The molecule has 2 aliphatic rings. The van der Waals surface area contributed by atoms with E-state index in [1.165, 1.54) is 30.5 Å². The van der Waals surface area contributed by atoms with Crippen molar-refractivity contribution in [2.75, 3.05) is 54.5 Å². The fourth-order valence-electron chi connectivity index (χ4n) is 3.71. The van der Waals surface area contributed by atoms with Crippen molar-refractivity contribution in [2.24, 2.45) is 0 Å².